The topological polar surface area (TPSA) is 154 Å². The summed E-state index contributed by atoms with van der Waals surface area (Å²) in [4.78, 5) is 45.6. The van der Waals surface area contributed by atoms with Crippen LogP contribution < -0.4 is 10.6 Å². The minimum atomic E-state index is -1.53. The van der Waals surface area contributed by atoms with Crippen molar-refractivity contribution in [2.75, 3.05) is 19.4 Å². The minimum absolute atomic E-state index is 0.0142. The molecule has 1 unspecified atom stereocenters. The highest BCUT2D eigenvalue weighted by molar-refractivity contribution is 6.03. The Kier molecular flexibility index (Phi) is 8.50. The highest BCUT2D eigenvalue weighted by Crippen LogP contribution is 2.39. The fourth-order valence-corrected chi connectivity index (χ4v) is 4.63. The Morgan fingerprint density at radius 2 is 1.76 bits per heavy atom. The number of hydrogen-bond donors (Lipinski definition) is 4. The molecule has 0 spiro atoms. The highest BCUT2D eigenvalue weighted by Gasteiger charge is 2.46. The molecule has 0 radical (unpaired) electrons. The number of anilines is 1. The second-order valence-corrected chi connectivity index (χ2v) is 10.2. The Bertz CT molecular complexity index is 1530. The van der Waals surface area contributed by atoms with Gasteiger partial charge in [-0.2, -0.15) is 0 Å². The third kappa shape index (κ3) is 6.04. The van der Waals surface area contributed by atoms with Gasteiger partial charge in [0.05, 0.1) is 35.7 Å². The minimum Gasteiger partial charge on any atom is -0.465 e. The molecule has 42 heavy (non-hydrogen) atoms. The molecule has 0 saturated carbocycles. The molecule has 1 aliphatic heterocycles. The number of aliphatic hydroxyl groups is 1. The van der Waals surface area contributed by atoms with Gasteiger partial charge in [-0.1, -0.05) is 0 Å². The summed E-state index contributed by atoms with van der Waals surface area (Å²) in [5.74, 6) is -5.14. The van der Waals surface area contributed by atoms with Gasteiger partial charge in [-0.3, -0.25) is 14.6 Å². The number of carboxylic acid groups (broad SMARTS) is 1. The number of pyridine rings is 2. The van der Waals surface area contributed by atoms with Crippen molar-refractivity contribution >= 4 is 23.6 Å². The zero-order valence-corrected chi connectivity index (χ0v) is 23.0. The summed E-state index contributed by atoms with van der Waals surface area (Å²) < 4.78 is 50.6. The molecule has 3 heterocycles. The van der Waals surface area contributed by atoms with Gasteiger partial charge in [0, 0.05) is 37.8 Å². The molecule has 4 atom stereocenters. The second kappa shape index (κ2) is 11.7. The summed E-state index contributed by atoms with van der Waals surface area (Å²) in [6.45, 7) is 3.02. The van der Waals surface area contributed by atoms with Crippen molar-refractivity contribution in [3.8, 4) is 11.3 Å². The molecular weight excluding hydrogens is 559 g/mol. The van der Waals surface area contributed by atoms with Gasteiger partial charge in [-0.05, 0) is 44.2 Å². The van der Waals surface area contributed by atoms with Gasteiger partial charge in [0.15, 0.2) is 0 Å². The van der Waals surface area contributed by atoms with Crippen LogP contribution in [-0.2, 0) is 4.74 Å². The standard InChI is InChI=1S/C28H28F3N5O6/c1-13-28(2,41)22(35-27(39)40)11-21(42-13)15-7-8-32-12-20(15)34-25(37)19-6-5-16(29)24(33-19)23-17(30)9-14(10-18(23)31)26(38)36(3)4/h5-10,12-13,21-22,35,41H,11H2,1-4H3,(H,34,37)(H,39,40)/t13?,21-,22-,28-/m1/s1. The quantitative estimate of drug-likeness (QED) is 0.340. The number of benzene rings is 1. The van der Waals surface area contributed by atoms with Crippen molar-refractivity contribution in [1.29, 1.82) is 0 Å². The number of amides is 3. The van der Waals surface area contributed by atoms with Crippen LogP contribution in [0.5, 0.6) is 0 Å². The Labute approximate surface area is 238 Å². The van der Waals surface area contributed by atoms with Gasteiger partial charge in [-0.25, -0.2) is 22.9 Å². The molecule has 1 aliphatic rings. The van der Waals surface area contributed by atoms with E-state index in [0.29, 0.717) is 5.56 Å². The third-order valence-corrected chi connectivity index (χ3v) is 7.10. The highest BCUT2D eigenvalue weighted by atomic mass is 19.1. The average Bonchev–Trinajstić information content (AvgIpc) is 2.91. The maximum absolute atomic E-state index is 14.9. The first-order chi connectivity index (χ1) is 19.7. The van der Waals surface area contributed by atoms with Crippen LogP contribution in [0.25, 0.3) is 11.3 Å². The lowest BCUT2D eigenvalue weighted by molar-refractivity contribution is -0.176. The van der Waals surface area contributed by atoms with Crippen LogP contribution >= 0.6 is 0 Å². The number of nitrogens with zero attached hydrogens (tertiary/aromatic N) is 3. The SMILES string of the molecule is CC1O[C@@H](c2ccncc2NC(=O)c2ccc(F)c(-c3c(F)cc(C(=O)N(C)C)cc3F)n2)C[C@@H](NC(=O)O)[C@]1(C)O. The summed E-state index contributed by atoms with van der Waals surface area (Å²) in [5.41, 5.74) is -3.29. The maximum atomic E-state index is 14.9. The molecule has 0 bridgehead atoms. The average molecular weight is 588 g/mol. The summed E-state index contributed by atoms with van der Waals surface area (Å²) in [7, 11) is 2.80. The number of nitrogens with one attached hydrogen (secondary N) is 2. The van der Waals surface area contributed by atoms with E-state index in [1.165, 1.54) is 39.5 Å². The molecule has 14 heteroatoms. The lowest BCUT2D eigenvalue weighted by Crippen LogP contribution is -2.60. The summed E-state index contributed by atoms with van der Waals surface area (Å²) in [6.07, 6.45) is -0.177. The first kappa shape index (κ1) is 30.4. The summed E-state index contributed by atoms with van der Waals surface area (Å²) in [5, 5.41) is 24.9. The van der Waals surface area contributed by atoms with E-state index in [0.717, 1.165) is 29.2 Å². The van der Waals surface area contributed by atoms with Gasteiger partial charge in [0.2, 0.25) is 0 Å². The zero-order valence-electron chi connectivity index (χ0n) is 23.0. The van der Waals surface area contributed by atoms with Gasteiger partial charge in [0.25, 0.3) is 11.8 Å². The van der Waals surface area contributed by atoms with E-state index in [4.69, 9.17) is 4.74 Å². The largest absolute Gasteiger partial charge is 0.465 e. The molecule has 4 rings (SSSR count). The van der Waals surface area contributed by atoms with E-state index in [9.17, 15) is 37.8 Å². The molecule has 222 valence electrons. The van der Waals surface area contributed by atoms with Gasteiger partial charge in [-0.15, -0.1) is 0 Å². The number of rotatable bonds is 6. The van der Waals surface area contributed by atoms with Crippen LogP contribution in [0.2, 0.25) is 0 Å². The number of carbonyl (C=O) groups is 3. The zero-order chi connectivity index (χ0) is 30.9. The number of hydrogen-bond acceptors (Lipinski definition) is 7. The summed E-state index contributed by atoms with van der Waals surface area (Å²) >= 11 is 0. The molecule has 2 aromatic heterocycles. The Morgan fingerprint density at radius 3 is 2.38 bits per heavy atom. The first-order valence-corrected chi connectivity index (χ1v) is 12.7. The van der Waals surface area contributed by atoms with E-state index < -0.39 is 70.5 Å². The van der Waals surface area contributed by atoms with Gasteiger partial charge < -0.3 is 30.5 Å². The van der Waals surface area contributed by atoms with Crippen molar-refractivity contribution in [3.63, 3.8) is 0 Å². The van der Waals surface area contributed by atoms with Crippen LogP contribution in [0.1, 0.15) is 52.8 Å². The van der Waals surface area contributed by atoms with Crippen LogP contribution in [-0.4, -0.2) is 74.8 Å². The smallest absolute Gasteiger partial charge is 0.404 e. The molecule has 3 aromatic rings. The Balaban J connectivity index is 1.64. The van der Waals surface area contributed by atoms with Crippen LogP contribution in [0.4, 0.5) is 23.7 Å². The van der Waals surface area contributed by atoms with E-state index >= 15 is 0 Å². The molecule has 3 amide bonds. The van der Waals surface area contributed by atoms with Gasteiger partial charge >= 0.3 is 6.09 Å². The summed E-state index contributed by atoms with van der Waals surface area (Å²) in [6, 6.07) is 3.99. The van der Waals surface area contributed by atoms with E-state index in [1.54, 1.807) is 6.92 Å². The van der Waals surface area contributed by atoms with Crippen molar-refractivity contribution in [1.82, 2.24) is 20.2 Å². The first-order valence-electron chi connectivity index (χ1n) is 12.7. The van der Waals surface area contributed by atoms with Crippen molar-refractivity contribution in [3.05, 3.63) is 77.0 Å². The van der Waals surface area contributed by atoms with E-state index in [1.807, 2.05) is 0 Å². The molecule has 0 aliphatic carbocycles. The molecule has 1 saturated heterocycles. The molecule has 1 aromatic carbocycles. The maximum Gasteiger partial charge on any atom is 0.404 e. The molecule has 11 nitrogen and oxygen atoms in total. The number of carbonyl (C=O) groups excluding carboxylic acids is 2. The van der Waals surface area contributed by atoms with Crippen LogP contribution in [0, 0.1) is 17.5 Å². The van der Waals surface area contributed by atoms with E-state index in [2.05, 4.69) is 20.6 Å². The van der Waals surface area contributed by atoms with Crippen LogP contribution in [0.15, 0.2) is 42.7 Å². The third-order valence-electron chi connectivity index (χ3n) is 7.10. The normalized spacial score (nSPS) is 21.9. The molecular formula is C28H28F3N5O6. The predicted molar refractivity (Wildman–Crippen MR) is 143 cm³/mol. The monoisotopic (exact) mass is 587 g/mol. The number of ether oxygens (including phenoxy) is 1. The van der Waals surface area contributed by atoms with Crippen molar-refractivity contribution in [2.24, 2.45) is 0 Å². The number of aromatic nitrogens is 2. The Hall–Kier alpha value is -4.56. The van der Waals surface area contributed by atoms with Gasteiger partial charge in [0.1, 0.15) is 34.4 Å². The van der Waals surface area contributed by atoms with Crippen molar-refractivity contribution < 1.29 is 42.5 Å². The fourth-order valence-electron chi connectivity index (χ4n) is 4.63. The predicted octanol–water partition coefficient (Wildman–Crippen LogP) is 3.75. The molecule has 4 N–H and O–H groups in total. The van der Waals surface area contributed by atoms with E-state index in [-0.39, 0.29) is 23.4 Å². The second-order valence-electron chi connectivity index (χ2n) is 10.2. The van der Waals surface area contributed by atoms with Crippen molar-refractivity contribution in [2.45, 2.75) is 44.1 Å². The Morgan fingerprint density at radius 1 is 1.10 bits per heavy atom. The fraction of sp³-hybridized carbons (Fsp3) is 0.321. The lowest BCUT2D eigenvalue weighted by Gasteiger charge is -2.45. The number of halogens is 3. The lowest BCUT2D eigenvalue weighted by atomic mass is 9.82. The van der Waals surface area contributed by atoms with Crippen LogP contribution in [0.3, 0.4) is 0 Å². The molecule has 1 fully saturated rings.